The van der Waals surface area contributed by atoms with E-state index in [1.807, 2.05) is 0 Å². The van der Waals surface area contributed by atoms with Gasteiger partial charge in [-0.05, 0) is 0 Å². The number of rotatable bonds is 1. The van der Waals surface area contributed by atoms with Gasteiger partial charge in [-0.25, -0.2) is 0 Å². The van der Waals surface area contributed by atoms with Gasteiger partial charge in [0.2, 0.25) is 0 Å². The zero-order chi connectivity index (χ0) is 7.23. The Morgan fingerprint density at radius 1 is 1.70 bits per heavy atom. The maximum atomic E-state index is 5.40. The normalized spacial score (nSPS) is 8.50. The highest BCUT2D eigenvalue weighted by Crippen LogP contribution is 1.92. The van der Waals surface area contributed by atoms with E-state index in [9.17, 15) is 0 Å². The van der Waals surface area contributed by atoms with Gasteiger partial charge in [-0.1, -0.05) is 17.0 Å². The van der Waals surface area contributed by atoms with Crippen molar-refractivity contribution in [3.63, 3.8) is 0 Å². The molecule has 0 amide bonds. The second-order valence-corrected chi connectivity index (χ2v) is 2.03. The Balaban J connectivity index is 2.49. The van der Waals surface area contributed by atoms with Crippen molar-refractivity contribution in [2.24, 2.45) is 0 Å². The molecule has 0 bridgehead atoms. The third kappa shape index (κ3) is 2.12. The van der Waals surface area contributed by atoms with Crippen molar-refractivity contribution in [3.8, 4) is 11.8 Å². The molecule has 0 unspecified atom stereocenters. The lowest BCUT2D eigenvalue weighted by molar-refractivity contribution is 0.419. The number of nitrogens with zero attached hydrogens (tertiary/aromatic N) is 1. The third-order valence-electron chi connectivity index (χ3n) is 0.885. The van der Waals surface area contributed by atoms with Crippen LogP contribution in [0.1, 0.15) is 12.0 Å². The molecule has 10 heavy (non-hydrogen) atoms. The Hall–Kier alpha value is -0.940. The molecule has 0 aliphatic rings. The Labute approximate surface area is 64.2 Å². The summed E-state index contributed by atoms with van der Waals surface area (Å²) in [6.45, 7) is 0. The molecule has 0 spiro atoms. The summed E-state index contributed by atoms with van der Waals surface area (Å²) in [5, 5.41) is 3.49. The monoisotopic (exact) mass is 155 g/mol. The SMILES string of the molecule is ClCCC#Cc1cnoc1. The van der Waals surface area contributed by atoms with Crippen molar-refractivity contribution >= 4 is 11.6 Å². The summed E-state index contributed by atoms with van der Waals surface area (Å²) in [5.41, 5.74) is 0.796. The smallest absolute Gasteiger partial charge is 0.139 e. The minimum absolute atomic E-state index is 0.568. The van der Waals surface area contributed by atoms with E-state index in [2.05, 4.69) is 21.5 Å². The van der Waals surface area contributed by atoms with E-state index in [1.165, 1.54) is 6.26 Å². The largest absolute Gasteiger partial charge is 0.363 e. The fraction of sp³-hybridized carbons (Fsp3) is 0.286. The summed E-state index contributed by atoms with van der Waals surface area (Å²) < 4.78 is 4.56. The molecule has 0 N–H and O–H groups in total. The van der Waals surface area contributed by atoms with Crippen molar-refractivity contribution in [3.05, 3.63) is 18.0 Å². The maximum Gasteiger partial charge on any atom is 0.139 e. The minimum Gasteiger partial charge on any atom is -0.363 e. The molecular formula is C7H6ClNO. The van der Waals surface area contributed by atoms with Gasteiger partial charge in [0.25, 0.3) is 0 Å². The minimum atomic E-state index is 0.568. The Bertz CT molecular complexity index is 232. The van der Waals surface area contributed by atoms with Crippen molar-refractivity contribution < 1.29 is 4.52 Å². The molecule has 52 valence electrons. The van der Waals surface area contributed by atoms with Crippen LogP contribution in [0.4, 0.5) is 0 Å². The molecule has 0 aliphatic carbocycles. The van der Waals surface area contributed by atoms with Gasteiger partial charge < -0.3 is 4.52 Å². The molecule has 2 nitrogen and oxygen atoms in total. The van der Waals surface area contributed by atoms with Crippen molar-refractivity contribution in [2.45, 2.75) is 6.42 Å². The van der Waals surface area contributed by atoms with Crippen LogP contribution >= 0.6 is 11.6 Å². The van der Waals surface area contributed by atoms with Gasteiger partial charge >= 0.3 is 0 Å². The molecule has 0 radical (unpaired) electrons. The topological polar surface area (TPSA) is 26.0 Å². The fourth-order valence-electron chi connectivity index (χ4n) is 0.478. The van der Waals surface area contributed by atoms with Crippen LogP contribution in [0.2, 0.25) is 0 Å². The lowest BCUT2D eigenvalue weighted by Gasteiger charge is -1.74. The zero-order valence-corrected chi connectivity index (χ0v) is 6.06. The van der Waals surface area contributed by atoms with Gasteiger partial charge in [0, 0.05) is 12.3 Å². The van der Waals surface area contributed by atoms with Gasteiger partial charge in [0.1, 0.15) is 6.26 Å². The quantitative estimate of drug-likeness (QED) is 0.455. The molecule has 1 heterocycles. The van der Waals surface area contributed by atoms with E-state index in [0.29, 0.717) is 12.3 Å². The Kier molecular flexibility index (Phi) is 2.85. The highest BCUT2D eigenvalue weighted by molar-refractivity contribution is 6.18. The number of halogens is 1. The van der Waals surface area contributed by atoms with Crippen LogP contribution in [0.3, 0.4) is 0 Å². The van der Waals surface area contributed by atoms with Crippen LogP contribution < -0.4 is 0 Å². The average molecular weight is 156 g/mol. The van der Waals surface area contributed by atoms with Crippen LogP contribution in [0.15, 0.2) is 17.0 Å². The summed E-state index contributed by atoms with van der Waals surface area (Å²) in [5.74, 6) is 6.26. The first-order valence-electron chi connectivity index (χ1n) is 2.87. The molecule has 0 saturated heterocycles. The van der Waals surface area contributed by atoms with E-state index in [1.54, 1.807) is 6.20 Å². The highest BCUT2D eigenvalue weighted by atomic mass is 35.5. The predicted molar refractivity (Wildman–Crippen MR) is 38.7 cm³/mol. The molecule has 0 aromatic carbocycles. The van der Waals surface area contributed by atoms with E-state index in [-0.39, 0.29) is 0 Å². The van der Waals surface area contributed by atoms with Gasteiger partial charge in [0.15, 0.2) is 0 Å². The van der Waals surface area contributed by atoms with Crippen LogP contribution in [0.25, 0.3) is 0 Å². The zero-order valence-electron chi connectivity index (χ0n) is 5.30. The summed E-state index contributed by atoms with van der Waals surface area (Å²) in [6.07, 6.45) is 3.77. The summed E-state index contributed by atoms with van der Waals surface area (Å²) in [4.78, 5) is 0. The molecular weight excluding hydrogens is 150 g/mol. The van der Waals surface area contributed by atoms with Crippen LogP contribution in [-0.4, -0.2) is 11.0 Å². The highest BCUT2D eigenvalue weighted by Gasteiger charge is 1.85. The van der Waals surface area contributed by atoms with Crippen LogP contribution in [-0.2, 0) is 0 Å². The summed E-state index contributed by atoms with van der Waals surface area (Å²) in [7, 11) is 0. The molecule has 0 saturated carbocycles. The van der Waals surface area contributed by atoms with Crippen molar-refractivity contribution in [1.82, 2.24) is 5.16 Å². The molecule has 3 heteroatoms. The second-order valence-electron chi connectivity index (χ2n) is 1.65. The molecule has 1 aromatic heterocycles. The predicted octanol–water partition coefficient (Wildman–Crippen LogP) is 1.66. The first-order chi connectivity index (χ1) is 4.93. The van der Waals surface area contributed by atoms with Gasteiger partial charge in [0.05, 0.1) is 11.8 Å². The maximum absolute atomic E-state index is 5.40. The van der Waals surface area contributed by atoms with E-state index in [4.69, 9.17) is 11.6 Å². The lowest BCUT2D eigenvalue weighted by Crippen LogP contribution is -1.68. The molecule has 0 fully saturated rings. The second kappa shape index (κ2) is 3.97. The van der Waals surface area contributed by atoms with Gasteiger partial charge in [-0.2, -0.15) is 0 Å². The molecule has 0 atom stereocenters. The summed E-state index contributed by atoms with van der Waals surface area (Å²) >= 11 is 5.40. The fourth-order valence-corrected chi connectivity index (χ4v) is 0.573. The Morgan fingerprint density at radius 3 is 3.20 bits per heavy atom. The summed E-state index contributed by atoms with van der Waals surface area (Å²) in [6, 6.07) is 0. The lowest BCUT2D eigenvalue weighted by atomic mass is 10.3. The number of hydrogen-bond donors (Lipinski definition) is 0. The number of aromatic nitrogens is 1. The average Bonchev–Trinajstić information content (AvgIpc) is 2.41. The van der Waals surface area contributed by atoms with Crippen molar-refractivity contribution in [2.75, 3.05) is 5.88 Å². The van der Waals surface area contributed by atoms with Gasteiger partial charge in [-0.15, -0.1) is 11.6 Å². The van der Waals surface area contributed by atoms with Gasteiger partial charge in [-0.3, -0.25) is 0 Å². The first kappa shape index (κ1) is 7.17. The van der Waals surface area contributed by atoms with E-state index < -0.39 is 0 Å². The molecule has 1 aromatic rings. The van der Waals surface area contributed by atoms with E-state index >= 15 is 0 Å². The first-order valence-corrected chi connectivity index (χ1v) is 3.41. The van der Waals surface area contributed by atoms with Crippen LogP contribution in [0, 0.1) is 11.8 Å². The Morgan fingerprint density at radius 2 is 2.60 bits per heavy atom. The number of alkyl halides is 1. The molecule has 0 aliphatic heterocycles. The van der Waals surface area contributed by atoms with E-state index in [0.717, 1.165) is 5.56 Å². The molecule has 1 rings (SSSR count). The van der Waals surface area contributed by atoms with Crippen molar-refractivity contribution in [1.29, 1.82) is 0 Å². The number of hydrogen-bond acceptors (Lipinski definition) is 2. The standard InChI is InChI=1S/C7H6ClNO/c8-4-2-1-3-7-5-9-10-6-7/h5-6H,2,4H2. The van der Waals surface area contributed by atoms with Crippen LogP contribution in [0.5, 0.6) is 0 Å². The third-order valence-corrected chi connectivity index (χ3v) is 1.07.